The van der Waals surface area contributed by atoms with E-state index in [0.717, 1.165) is 35.4 Å². The van der Waals surface area contributed by atoms with Gasteiger partial charge in [0.1, 0.15) is 0 Å². The third-order valence-corrected chi connectivity index (χ3v) is 5.77. The van der Waals surface area contributed by atoms with Crippen molar-refractivity contribution in [2.24, 2.45) is 0 Å². The summed E-state index contributed by atoms with van der Waals surface area (Å²) in [5, 5.41) is 4.02. The highest BCUT2D eigenvalue weighted by Crippen LogP contribution is 2.38. The van der Waals surface area contributed by atoms with E-state index in [0.29, 0.717) is 23.9 Å². The Morgan fingerprint density at radius 3 is 2.59 bits per heavy atom. The maximum Gasteiger partial charge on any atom is 0.236 e. The van der Waals surface area contributed by atoms with Crippen LogP contribution in [0.4, 0.5) is 5.69 Å². The molecule has 2 aromatic carbocycles. The van der Waals surface area contributed by atoms with E-state index >= 15 is 0 Å². The molecule has 0 aliphatic heterocycles. The van der Waals surface area contributed by atoms with Gasteiger partial charge < -0.3 is 4.52 Å². The van der Waals surface area contributed by atoms with Gasteiger partial charge in [-0.1, -0.05) is 53.2 Å². The molecule has 1 saturated carbocycles. The van der Waals surface area contributed by atoms with Gasteiger partial charge in [0.05, 0.1) is 17.9 Å². The first-order valence-corrected chi connectivity index (χ1v) is 10.6. The normalized spacial score (nSPS) is 14.3. The highest BCUT2D eigenvalue weighted by atomic mass is 32.2. The third-order valence-electron chi connectivity index (χ3n) is 4.53. The summed E-state index contributed by atoms with van der Waals surface area (Å²) < 4.78 is 33.2. The molecule has 0 bridgehead atoms. The fourth-order valence-corrected chi connectivity index (χ4v) is 4.13. The van der Waals surface area contributed by atoms with Gasteiger partial charge in [-0.15, -0.1) is 0 Å². The van der Waals surface area contributed by atoms with Crippen LogP contribution in [0.5, 0.6) is 0 Å². The monoisotopic (exact) mass is 383 g/mol. The minimum atomic E-state index is -3.53. The average Bonchev–Trinajstić information content (AvgIpc) is 3.38. The summed E-state index contributed by atoms with van der Waals surface area (Å²) in [5.41, 5.74) is 3.18. The van der Waals surface area contributed by atoms with Crippen molar-refractivity contribution in [2.75, 3.05) is 4.72 Å². The molecule has 0 unspecified atom stereocenters. The lowest BCUT2D eigenvalue weighted by molar-refractivity contribution is 0.379. The Hall–Kier alpha value is -2.67. The summed E-state index contributed by atoms with van der Waals surface area (Å²) in [5.74, 6) is 1.60. The first-order chi connectivity index (χ1) is 13.0. The zero-order valence-corrected chi connectivity index (χ0v) is 15.9. The number of benzene rings is 2. The molecule has 7 heteroatoms. The molecule has 4 rings (SSSR count). The van der Waals surface area contributed by atoms with Gasteiger partial charge in [0.25, 0.3) is 0 Å². The Bertz CT molecular complexity index is 1040. The first kappa shape index (κ1) is 17.7. The maximum atomic E-state index is 12.6. The second-order valence-corrected chi connectivity index (χ2v) is 8.72. The molecule has 140 valence electrons. The Morgan fingerprint density at radius 2 is 1.85 bits per heavy atom. The van der Waals surface area contributed by atoms with E-state index in [1.807, 2.05) is 43.3 Å². The van der Waals surface area contributed by atoms with Crippen LogP contribution in [0.3, 0.4) is 0 Å². The Balaban J connectivity index is 1.50. The summed E-state index contributed by atoms with van der Waals surface area (Å²) in [4.78, 5) is 4.43. The van der Waals surface area contributed by atoms with E-state index in [9.17, 15) is 8.42 Å². The lowest BCUT2D eigenvalue weighted by atomic mass is 10.1. The van der Waals surface area contributed by atoms with Crippen LogP contribution in [0.2, 0.25) is 0 Å². The summed E-state index contributed by atoms with van der Waals surface area (Å²) in [6.07, 6.45) is 2.60. The number of sulfonamides is 1. The second-order valence-electron chi connectivity index (χ2n) is 7.00. The first-order valence-electron chi connectivity index (χ1n) is 8.95. The molecule has 6 nitrogen and oxygen atoms in total. The maximum absolute atomic E-state index is 12.6. The zero-order chi connectivity index (χ0) is 18.9. The molecule has 0 amide bonds. The number of nitrogens with zero attached hydrogens (tertiary/aromatic N) is 2. The Labute approximate surface area is 158 Å². The number of hydrogen-bond acceptors (Lipinski definition) is 5. The number of aryl methyl sites for hydroxylation is 1. The lowest BCUT2D eigenvalue weighted by Crippen LogP contribution is -2.16. The summed E-state index contributed by atoms with van der Waals surface area (Å²) in [6.45, 7) is 1.97. The quantitative estimate of drug-likeness (QED) is 0.671. The summed E-state index contributed by atoms with van der Waals surface area (Å²) >= 11 is 0. The summed E-state index contributed by atoms with van der Waals surface area (Å²) in [6, 6.07) is 14.8. The van der Waals surface area contributed by atoms with Gasteiger partial charge in [0, 0.05) is 5.92 Å². The van der Waals surface area contributed by atoms with Crippen LogP contribution in [-0.4, -0.2) is 18.6 Å². The van der Waals surface area contributed by atoms with Crippen LogP contribution >= 0.6 is 0 Å². The number of aromatic nitrogens is 2. The van der Waals surface area contributed by atoms with Gasteiger partial charge in [0.15, 0.2) is 5.82 Å². The van der Waals surface area contributed by atoms with Crippen molar-refractivity contribution in [3.63, 3.8) is 0 Å². The molecule has 1 aliphatic rings. The van der Waals surface area contributed by atoms with Gasteiger partial charge in [-0.3, -0.25) is 4.72 Å². The van der Waals surface area contributed by atoms with Crippen LogP contribution in [0.15, 0.2) is 53.1 Å². The largest absolute Gasteiger partial charge is 0.339 e. The molecule has 1 N–H and O–H groups in total. The number of nitrogens with one attached hydrogen (secondary N) is 1. The minimum Gasteiger partial charge on any atom is -0.339 e. The Morgan fingerprint density at radius 1 is 1.11 bits per heavy atom. The molecule has 1 aliphatic carbocycles. The highest BCUT2D eigenvalue weighted by Gasteiger charge is 2.28. The SMILES string of the molecule is Cc1ccc(CS(=O)(=O)Nc2ccccc2Cc2nc(C3CC3)no2)cc1. The number of rotatable bonds is 7. The van der Waals surface area contributed by atoms with E-state index in [1.165, 1.54) is 0 Å². The van der Waals surface area contributed by atoms with Crippen LogP contribution < -0.4 is 4.72 Å². The molecular weight excluding hydrogens is 362 g/mol. The average molecular weight is 383 g/mol. The van der Waals surface area contributed by atoms with Gasteiger partial charge in [-0.2, -0.15) is 4.98 Å². The molecule has 0 saturated heterocycles. The molecule has 1 heterocycles. The highest BCUT2D eigenvalue weighted by molar-refractivity contribution is 7.91. The van der Waals surface area contributed by atoms with E-state index in [-0.39, 0.29) is 5.75 Å². The van der Waals surface area contributed by atoms with E-state index < -0.39 is 10.0 Å². The van der Waals surface area contributed by atoms with Gasteiger partial charge >= 0.3 is 0 Å². The van der Waals surface area contributed by atoms with Crippen LogP contribution in [0, 0.1) is 6.92 Å². The van der Waals surface area contributed by atoms with Crippen molar-refractivity contribution in [3.05, 3.63) is 76.9 Å². The Kier molecular flexibility index (Phi) is 4.70. The van der Waals surface area contributed by atoms with Crippen molar-refractivity contribution in [1.82, 2.24) is 10.1 Å². The van der Waals surface area contributed by atoms with Crippen LogP contribution in [0.1, 0.15) is 47.2 Å². The van der Waals surface area contributed by atoms with Crippen molar-refractivity contribution < 1.29 is 12.9 Å². The van der Waals surface area contributed by atoms with Gasteiger partial charge in [-0.25, -0.2) is 8.42 Å². The molecule has 0 spiro atoms. The fourth-order valence-electron chi connectivity index (χ4n) is 2.89. The molecule has 1 fully saturated rings. The molecule has 3 aromatic rings. The summed E-state index contributed by atoms with van der Waals surface area (Å²) in [7, 11) is -3.53. The predicted molar refractivity (Wildman–Crippen MR) is 103 cm³/mol. The minimum absolute atomic E-state index is 0.0754. The molecule has 0 atom stereocenters. The van der Waals surface area contributed by atoms with E-state index in [4.69, 9.17) is 4.52 Å². The smallest absolute Gasteiger partial charge is 0.236 e. The predicted octanol–water partition coefficient (Wildman–Crippen LogP) is 3.79. The molecule has 0 radical (unpaired) electrons. The van der Waals surface area contributed by atoms with Crippen LogP contribution in [0.25, 0.3) is 0 Å². The van der Waals surface area contributed by atoms with Crippen molar-refractivity contribution in [2.45, 2.75) is 37.9 Å². The number of anilines is 1. The zero-order valence-electron chi connectivity index (χ0n) is 15.1. The van der Waals surface area contributed by atoms with Gasteiger partial charge in [-0.05, 0) is 37.0 Å². The number of para-hydroxylation sites is 1. The van der Waals surface area contributed by atoms with Crippen molar-refractivity contribution >= 4 is 15.7 Å². The number of hydrogen-bond donors (Lipinski definition) is 1. The van der Waals surface area contributed by atoms with Crippen molar-refractivity contribution in [3.8, 4) is 0 Å². The van der Waals surface area contributed by atoms with Crippen LogP contribution in [-0.2, 0) is 22.2 Å². The topological polar surface area (TPSA) is 85.1 Å². The molecule has 1 aromatic heterocycles. The van der Waals surface area contributed by atoms with Gasteiger partial charge in [0.2, 0.25) is 15.9 Å². The molecule has 27 heavy (non-hydrogen) atoms. The fraction of sp³-hybridized carbons (Fsp3) is 0.300. The van der Waals surface area contributed by atoms with E-state index in [1.54, 1.807) is 12.1 Å². The van der Waals surface area contributed by atoms with E-state index in [2.05, 4.69) is 14.9 Å². The molecular formula is C20H21N3O3S. The van der Waals surface area contributed by atoms with Crippen molar-refractivity contribution in [1.29, 1.82) is 0 Å². The second kappa shape index (κ2) is 7.15. The lowest BCUT2D eigenvalue weighted by Gasteiger charge is -2.12. The third kappa shape index (κ3) is 4.54. The standard InChI is InChI=1S/C20H21N3O3S/c1-14-6-8-15(9-7-14)13-27(24,25)23-18-5-3-2-4-17(18)12-19-21-20(22-26-19)16-10-11-16/h2-9,16,23H,10-13H2,1H3.